The third kappa shape index (κ3) is 2.55. The molecular formula is C9H15FN4. The molecular weight excluding hydrogens is 183 g/mol. The molecule has 14 heavy (non-hydrogen) atoms. The molecule has 1 N–H and O–H groups in total. The van der Waals surface area contributed by atoms with Crippen LogP contribution in [0.4, 0.5) is 16.2 Å². The van der Waals surface area contributed by atoms with Crippen molar-refractivity contribution in [1.82, 2.24) is 9.97 Å². The molecule has 0 unspecified atom stereocenters. The summed E-state index contributed by atoms with van der Waals surface area (Å²) in [5, 5.41) is 3.00. The van der Waals surface area contributed by atoms with Gasteiger partial charge < -0.3 is 10.2 Å². The molecule has 0 aliphatic carbocycles. The summed E-state index contributed by atoms with van der Waals surface area (Å²) in [6.45, 7) is 2.84. The molecule has 0 radical (unpaired) electrons. The van der Waals surface area contributed by atoms with Crippen molar-refractivity contribution in [3.8, 4) is 0 Å². The Morgan fingerprint density at radius 1 is 1.50 bits per heavy atom. The topological polar surface area (TPSA) is 41.1 Å². The molecule has 0 fully saturated rings. The van der Waals surface area contributed by atoms with E-state index in [-0.39, 0.29) is 0 Å². The van der Waals surface area contributed by atoms with Crippen molar-refractivity contribution >= 4 is 11.8 Å². The van der Waals surface area contributed by atoms with Crippen LogP contribution in [0.3, 0.4) is 0 Å². The van der Waals surface area contributed by atoms with Crippen molar-refractivity contribution in [2.45, 2.75) is 13.3 Å². The van der Waals surface area contributed by atoms with E-state index in [4.69, 9.17) is 0 Å². The van der Waals surface area contributed by atoms with Gasteiger partial charge in [0.05, 0.1) is 6.20 Å². The van der Waals surface area contributed by atoms with Crippen LogP contribution in [0.1, 0.15) is 13.3 Å². The highest BCUT2D eigenvalue weighted by molar-refractivity contribution is 5.42. The average molecular weight is 198 g/mol. The first kappa shape index (κ1) is 10.7. The summed E-state index contributed by atoms with van der Waals surface area (Å²) < 4.78 is 13.1. The minimum atomic E-state index is -0.406. The van der Waals surface area contributed by atoms with Crippen molar-refractivity contribution in [2.24, 2.45) is 0 Å². The quantitative estimate of drug-likeness (QED) is 0.796. The molecule has 0 amide bonds. The molecule has 1 heterocycles. The van der Waals surface area contributed by atoms with Crippen LogP contribution in [0.15, 0.2) is 6.20 Å². The molecule has 1 aromatic heterocycles. The van der Waals surface area contributed by atoms with Gasteiger partial charge in [-0.2, -0.15) is 4.98 Å². The number of anilines is 2. The maximum absolute atomic E-state index is 13.1. The van der Waals surface area contributed by atoms with Gasteiger partial charge in [0.15, 0.2) is 11.6 Å². The van der Waals surface area contributed by atoms with Crippen molar-refractivity contribution < 1.29 is 4.39 Å². The van der Waals surface area contributed by atoms with Crippen LogP contribution >= 0.6 is 0 Å². The first-order valence-corrected chi connectivity index (χ1v) is 4.59. The van der Waals surface area contributed by atoms with E-state index in [1.165, 1.54) is 6.20 Å². The normalized spacial score (nSPS) is 10.0. The molecule has 1 rings (SSSR count). The predicted molar refractivity (Wildman–Crippen MR) is 55.1 cm³/mol. The van der Waals surface area contributed by atoms with Crippen LogP contribution in [0.25, 0.3) is 0 Å². The van der Waals surface area contributed by atoms with E-state index >= 15 is 0 Å². The lowest BCUT2D eigenvalue weighted by Gasteiger charge is -2.12. The van der Waals surface area contributed by atoms with Crippen LogP contribution in [-0.4, -0.2) is 30.6 Å². The molecule has 0 saturated carbocycles. The van der Waals surface area contributed by atoms with E-state index in [0.29, 0.717) is 11.8 Å². The summed E-state index contributed by atoms with van der Waals surface area (Å²) in [6, 6.07) is 0. The second kappa shape index (κ2) is 4.74. The van der Waals surface area contributed by atoms with Gasteiger partial charge in [-0.3, -0.25) is 0 Å². The molecule has 0 spiro atoms. The van der Waals surface area contributed by atoms with Crippen molar-refractivity contribution in [3.05, 3.63) is 12.0 Å². The zero-order valence-electron chi connectivity index (χ0n) is 8.71. The van der Waals surface area contributed by atoms with Gasteiger partial charge in [-0.1, -0.05) is 6.92 Å². The fraction of sp³-hybridized carbons (Fsp3) is 0.556. The van der Waals surface area contributed by atoms with E-state index in [9.17, 15) is 4.39 Å². The fourth-order valence-corrected chi connectivity index (χ4v) is 0.994. The van der Waals surface area contributed by atoms with Crippen molar-refractivity contribution in [2.75, 3.05) is 30.9 Å². The van der Waals surface area contributed by atoms with Gasteiger partial charge in [0.2, 0.25) is 5.95 Å². The zero-order chi connectivity index (χ0) is 10.6. The number of nitrogens with one attached hydrogen (secondary N) is 1. The van der Waals surface area contributed by atoms with E-state index in [1.54, 1.807) is 19.0 Å². The number of hydrogen-bond donors (Lipinski definition) is 1. The van der Waals surface area contributed by atoms with Gasteiger partial charge in [0.25, 0.3) is 0 Å². The lowest BCUT2D eigenvalue weighted by molar-refractivity contribution is 0.612. The highest BCUT2D eigenvalue weighted by Crippen LogP contribution is 2.14. The molecule has 0 aliphatic heterocycles. The number of halogens is 1. The second-order valence-electron chi connectivity index (χ2n) is 3.19. The number of rotatable bonds is 4. The molecule has 0 saturated heterocycles. The van der Waals surface area contributed by atoms with Gasteiger partial charge >= 0.3 is 0 Å². The van der Waals surface area contributed by atoms with Crippen molar-refractivity contribution in [1.29, 1.82) is 0 Å². The largest absolute Gasteiger partial charge is 0.360 e. The summed E-state index contributed by atoms with van der Waals surface area (Å²) in [5.41, 5.74) is 0. The van der Waals surface area contributed by atoms with E-state index < -0.39 is 5.82 Å². The first-order chi connectivity index (χ1) is 6.65. The van der Waals surface area contributed by atoms with E-state index in [2.05, 4.69) is 15.3 Å². The molecule has 4 nitrogen and oxygen atoms in total. The minimum absolute atomic E-state index is 0.304. The van der Waals surface area contributed by atoms with Crippen LogP contribution < -0.4 is 10.2 Å². The molecule has 0 bridgehead atoms. The summed E-state index contributed by atoms with van der Waals surface area (Å²) in [4.78, 5) is 9.49. The van der Waals surface area contributed by atoms with E-state index in [1.807, 2.05) is 6.92 Å². The van der Waals surface area contributed by atoms with Crippen molar-refractivity contribution in [3.63, 3.8) is 0 Å². The highest BCUT2D eigenvalue weighted by atomic mass is 19.1. The standard InChI is InChI=1S/C9H15FN4/c1-4-5-11-9-12-6-7(10)8(13-9)14(2)3/h6H,4-5H2,1-3H3,(H,11,12,13). The predicted octanol–water partition coefficient (Wildman–Crippen LogP) is 1.50. The van der Waals surface area contributed by atoms with Gasteiger partial charge in [-0.05, 0) is 6.42 Å². The molecule has 1 aromatic rings. The average Bonchev–Trinajstić information content (AvgIpc) is 2.16. The second-order valence-corrected chi connectivity index (χ2v) is 3.19. The minimum Gasteiger partial charge on any atom is -0.360 e. The Hall–Kier alpha value is -1.39. The molecule has 78 valence electrons. The van der Waals surface area contributed by atoms with Crippen LogP contribution in [-0.2, 0) is 0 Å². The van der Waals surface area contributed by atoms with Gasteiger partial charge in [0.1, 0.15) is 0 Å². The Balaban J connectivity index is 2.83. The van der Waals surface area contributed by atoms with Gasteiger partial charge in [-0.25, -0.2) is 9.37 Å². The monoisotopic (exact) mass is 198 g/mol. The zero-order valence-corrected chi connectivity index (χ0v) is 8.71. The maximum Gasteiger partial charge on any atom is 0.224 e. The maximum atomic E-state index is 13.1. The smallest absolute Gasteiger partial charge is 0.224 e. The summed E-state index contributed by atoms with van der Waals surface area (Å²) in [7, 11) is 3.49. The number of hydrogen-bond acceptors (Lipinski definition) is 4. The highest BCUT2D eigenvalue weighted by Gasteiger charge is 2.07. The molecule has 0 atom stereocenters. The Labute approximate surface area is 83.2 Å². The Morgan fingerprint density at radius 3 is 2.79 bits per heavy atom. The fourth-order valence-electron chi connectivity index (χ4n) is 0.994. The number of aromatic nitrogens is 2. The Morgan fingerprint density at radius 2 is 2.21 bits per heavy atom. The van der Waals surface area contributed by atoms with Crippen LogP contribution in [0.5, 0.6) is 0 Å². The van der Waals surface area contributed by atoms with Gasteiger partial charge in [-0.15, -0.1) is 0 Å². The van der Waals surface area contributed by atoms with Gasteiger partial charge in [0, 0.05) is 20.6 Å². The summed E-state index contributed by atoms with van der Waals surface area (Å²) >= 11 is 0. The first-order valence-electron chi connectivity index (χ1n) is 4.59. The third-order valence-corrected chi connectivity index (χ3v) is 1.68. The molecule has 5 heteroatoms. The SMILES string of the molecule is CCCNc1ncc(F)c(N(C)C)n1. The lowest BCUT2D eigenvalue weighted by atomic mass is 10.5. The Kier molecular flexibility index (Phi) is 3.62. The molecule has 0 aliphatic rings. The number of nitrogens with zero attached hydrogens (tertiary/aromatic N) is 3. The lowest BCUT2D eigenvalue weighted by Crippen LogP contribution is -2.15. The third-order valence-electron chi connectivity index (χ3n) is 1.68. The van der Waals surface area contributed by atoms with E-state index in [0.717, 1.165) is 13.0 Å². The summed E-state index contributed by atoms with van der Waals surface area (Å²) in [6.07, 6.45) is 2.17. The Bertz CT molecular complexity index is 301. The van der Waals surface area contributed by atoms with Crippen LogP contribution in [0.2, 0.25) is 0 Å². The van der Waals surface area contributed by atoms with Crippen LogP contribution in [0, 0.1) is 5.82 Å². The summed E-state index contributed by atoms with van der Waals surface area (Å²) in [5.74, 6) is 0.368. The molecule has 0 aromatic carbocycles.